The van der Waals surface area contributed by atoms with Crippen molar-refractivity contribution >= 4 is 57.8 Å². The number of anilines is 1. The van der Waals surface area contributed by atoms with E-state index >= 15 is 14.4 Å². The number of nitrogens with zero attached hydrogens (tertiary/aromatic N) is 4. The molecule has 3 aliphatic rings. The number of amides is 3. The van der Waals surface area contributed by atoms with E-state index in [1.807, 2.05) is 206 Å². The molecule has 85 heavy (non-hydrogen) atoms. The molecule has 8 aromatic carbocycles. The van der Waals surface area contributed by atoms with E-state index in [9.17, 15) is 4.79 Å². The van der Waals surface area contributed by atoms with Gasteiger partial charge in [-0.3, -0.25) is 14.5 Å². The van der Waals surface area contributed by atoms with Gasteiger partial charge in [0.05, 0.1) is 0 Å². The summed E-state index contributed by atoms with van der Waals surface area (Å²) in [5.41, 5.74) is 4.49. The van der Waals surface area contributed by atoms with Gasteiger partial charge >= 0.3 is 12.1 Å². The van der Waals surface area contributed by atoms with Crippen molar-refractivity contribution in [2.45, 2.75) is 47.9 Å². The number of thioether (sulfide) groups is 1. The van der Waals surface area contributed by atoms with Crippen molar-refractivity contribution in [3.05, 3.63) is 310 Å². The van der Waals surface area contributed by atoms with Gasteiger partial charge in [0, 0.05) is 46.5 Å². The normalized spacial score (nSPS) is 16.2. The van der Waals surface area contributed by atoms with E-state index in [2.05, 4.69) is 47.0 Å². The van der Waals surface area contributed by atoms with Crippen LogP contribution in [-0.4, -0.2) is 81.2 Å². The molecule has 3 aliphatic heterocycles. The number of carbonyl (C=O) groups is 4. The van der Waals surface area contributed by atoms with E-state index in [1.165, 1.54) is 28.0 Å². The Morgan fingerprint density at radius 3 is 1.52 bits per heavy atom. The summed E-state index contributed by atoms with van der Waals surface area (Å²) >= 11 is 2.63. The highest BCUT2D eigenvalue weighted by Gasteiger charge is 2.55. The molecule has 4 heterocycles. The fourth-order valence-corrected chi connectivity index (χ4v) is 13.5. The zero-order valence-corrected chi connectivity index (χ0v) is 47.9. The second-order valence-electron chi connectivity index (χ2n) is 20.8. The van der Waals surface area contributed by atoms with Crippen molar-refractivity contribution in [1.29, 1.82) is 0 Å². The number of ether oxygens (including phenoxy) is 2. The van der Waals surface area contributed by atoms with Crippen LogP contribution >= 0.6 is 23.1 Å². The first-order valence-corrected chi connectivity index (χ1v) is 30.3. The summed E-state index contributed by atoms with van der Waals surface area (Å²) in [6.45, 7) is 0.895. The molecule has 0 saturated carbocycles. The largest absolute Gasteiger partial charge is 0.448 e. The molecule has 424 valence electrons. The second-order valence-corrected chi connectivity index (χ2v) is 22.8. The monoisotopic (exact) mass is 1160 g/mol. The van der Waals surface area contributed by atoms with E-state index in [1.54, 1.807) is 10.3 Å². The number of hydrogen-bond acceptors (Lipinski definition) is 12. The Bertz CT molecular complexity index is 3590. The van der Waals surface area contributed by atoms with Gasteiger partial charge in [-0.2, -0.15) is 0 Å². The molecule has 0 bridgehead atoms. The van der Waals surface area contributed by atoms with Gasteiger partial charge in [-0.05, 0) is 47.1 Å². The maximum Gasteiger partial charge on any atom is 0.410 e. The van der Waals surface area contributed by atoms with Crippen molar-refractivity contribution < 1.29 is 33.5 Å². The molecular formula is C70H60N6O7S2. The standard InChI is InChI=1S/C70H60N6O7S2/c77-63(72-60-64(78)76-61(51(47-84-65(60)76)46-81-68(80)75-44-26-9-27-45-75)66(79)82-62(49-28-10-1-11-29-49)50-30-12-2-13-31-50)59(74-83-70(55-38-20-6-21-39-55,56-40-22-7-23-41-56)57-42-24-8-25-43-57)58-48-85-67(71-58)73-69(52-32-14-3-15-33-52,53-34-16-4-17-35-53)54-36-18-5-19-37-54/h1-8,10-25,28-43,48,60,62,65H,9,26-27,44-47H2,(H,71,73)(H,72,77)/b74-59-/t60?,65-/m0/s1. The van der Waals surface area contributed by atoms with Crippen molar-refractivity contribution in [2.24, 2.45) is 5.16 Å². The predicted octanol–water partition coefficient (Wildman–Crippen LogP) is 12.9. The Labute approximate surface area is 502 Å². The minimum Gasteiger partial charge on any atom is -0.448 e. The quantitative estimate of drug-likeness (QED) is 0.0263. The third-order valence-corrected chi connectivity index (χ3v) is 17.7. The predicted molar refractivity (Wildman–Crippen MR) is 331 cm³/mol. The van der Waals surface area contributed by atoms with E-state index in [0.717, 1.165) is 63.8 Å². The number of piperidine rings is 1. The molecule has 2 atom stereocenters. The summed E-state index contributed by atoms with van der Waals surface area (Å²) in [5, 5.41) is 13.2. The van der Waals surface area contributed by atoms with Crippen LogP contribution < -0.4 is 10.6 Å². The Morgan fingerprint density at radius 1 is 0.600 bits per heavy atom. The Morgan fingerprint density at radius 2 is 1.05 bits per heavy atom. The molecule has 0 aliphatic carbocycles. The van der Waals surface area contributed by atoms with Crippen molar-refractivity contribution in [3.63, 3.8) is 0 Å². The molecule has 2 fully saturated rings. The van der Waals surface area contributed by atoms with E-state index in [-0.39, 0.29) is 29.5 Å². The number of hydrogen-bond donors (Lipinski definition) is 2. The summed E-state index contributed by atoms with van der Waals surface area (Å²) in [6.07, 6.45) is 1.43. The van der Waals surface area contributed by atoms with Gasteiger partial charge in [-0.1, -0.05) is 248 Å². The summed E-state index contributed by atoms with van der Waals surface area (Å²) in [4.78, 5) is 74.3. The molecular weight excluding hydrogens is 1100 g/mol. The first-order valence-electron chi connectivity index (χ1n) is 28.4. The lowest BCUT2D eigenvalue weighted by molar-refractivity contribution is -0.154. The minimum absolute atomic E-state index is 0.0351. The van der Waals surface area contributed by atoms with Crippen LogP contribution in [0.25, 0.3) is 0 Å². The number of benzene rings is 8. The number of rotatable bonds is 19. The van der Waals surface area contributed by atoms with Gasteiger partial charge in [0.1, 0.15) is 35.0 Å². The fourth-order valence-electron chi connectivity index (χ4n) is 11.4. The third-order valence-electron chi connectivity index (χ3n) is 15.6. The highest BCUT2D eigenvalue weighted by molar-refractivity contribution is 8.00. The van der Waals surface area contributed by atoms with Crippen molar-refractivity contribution in [2.75, 3.05) is 30.8 Å². The number of aromatic nitrogens is 1. The Balaban J connectivity index is 0.926. The van der Waals surface area contributed by atoms with Crippen LogP contribution in [0.3, 0.4) is 0 Å². The lowest BCUT2D eigenvalue weighted by Gasteiger charge is -2.49. The van der Waals surface area contributed by atoms with Crippen LogP contribution in [0.1, 0.15) is 75.6 Å². The maximum atomic E-state index is 15.6. The van der Waals surface area contributed by atoms with Gasteiger partial charge < -0.3 is 29.8 Å². The average Bonchev–Trinajstić information content (AvgIpc) is 1.64. The molecule has 1 unspecified atom stereocenters. The van der Waals surface area contributed by atoms with Crippen molar-refractivity contribution in [3.8, 4) is 0 Å². The minimum atomic E-state index is -1.40. The van der Waals surface area contributed by atoms with E-state index in [4.69, 9.17) is 24.5 Å². The number of likely N-dealkylation sites (tertiary alicyclic amines) is 1. The molecule has 15 heteroatoms. The zero-order chi connectivity index (χ0) is 58.0. The first kappa shape index (κ1) is 55.9. The van der Waals surface area contributed by atoms with E-state index < -0.39 is 52.5 Å². The van der Waals surface area contributed by atoms with Crippen LogP contribution in [0.4, 0.5) is 9.93 Å². The highest BCUT2D eigenvalue weighted by Crippen LogP contribution is 2.45. The molecule has 13 nitrogen and oxygen atoms in total. The fraction of sp³-hybridized carbons (Fsp3) is 0.171. The SMILES string of the molecule is O=C(OC(c1ccccc1)c1ccccc1)C1=C(COC(=O)N2CCCCC2)CS[C@H]2C(NC(=O)/C(=N\OC(c3ccccc3)(c3ccccc3)c3ccccc3)c3csc(NC(c4ccccc4)(c4ccccc4)c4ccccc4)n3)C(=O)N12. The van der Waals surface area contributed by atoms with Crippen LogP contribution in [0.2, 0.25) is 0 Å². The number of carbonyl (C=O) groups excluding carboxylic acids is 4. The Kier molecular flexibility index (Phi) is 16.8. The van der Waals surface area contributed by atoms with Crippen LogP contribution in [0.5, 0.6) is 0 Å². The molecule has 2 saturated heterocycles. The van der Waals surface area contributed by atoms with Gasteiger partial charge in [0.15, 0.2) is 16.9 Å². The smallest absolute Gasteiger partial charge is 0.410 e. The van der Waals surface area contributed by atoms with E-state index in [0.29, 0.717) is 23.8 Å². The van der Waals surface area contributed by atoms with Crippen LogP contribution in [0.15, 0.2) is 264 Å². The van der Waals surface area contributed by atoms with Crippen LogP contribution in [-0.2, 0) is 39.8 Å². The molecule has 2 N–H and O–H groups in total. The summed E-state index contributed by atoms with van der Waals surface area (Å²) in [6, 6.07) is 77.1. The number of nitrogens with one attached hydrogen (secondary N) is 2. The molecule has 0 spiro atoms. The first-order chi connectivity index (χ1) is 41.8. The number of β-lactam (4-membered cyclic amide) rings is 1. The maximum absolute atomic E-state index is 15.6. The zero-order valence-electron chi connectivity index (χ0n) is 46.3. The highest BCUT2D eigenvalue weighted by atomic mass is 32.2. The third kappa shape index (κ3) is 11.5. The van der Waals surface area contributed by atoms with Crippen LogP contribution in [0, 0.1) is 0 Å². The molecule has 3 amide bonds. The summed E-state index contributed by atoms with van der Waals surface area (Å²) in [7, 11) is 0. The second kappa shape index (κ2) is 25.5. The van der Waals surface area contributed by atoms with Gasteiger partial charge in [-0.15, -0.1) is 23.1 Å². The number of fused-ring (bicyclic) bond motifs is 1. The van der Waals surface area contributed by atoms with Gasteiger partial charge in [0.2, 0.25) is 5.60 Å². The number of esters is 1. The van der Waals surface area contributed by atoms with Gasteiger partial charge in [0.25, 0.3) is 11.8 Å². The Hall–Kier alpha value is -9.57. The molecule has 12 rings (SSSR count). The van der Waals surface area contributed by atoms with Crippen molar-refractivity contribution in [1.82, 2.24) is 20.1 Å². The summed E-state index contributed by atoms with van der Waals surface area (Å²) < 4.78 is 12.3. The number of thiazole rings is 1. The topological polar surface area (TPSA) is 152 Å². The van der Waals surface area contributed by atoms with Gasteiger partial charge in [-0.25, -0.2) is 14.6 Å². The average molecular weight is 1160 g/mol. The molecule has 0 radical (unpaired) electrons. The lowest BCUT2D eigenvalue weighted by Crippen LogP contribution is -2.71. The lowest BCUT2D eigenvalue weighted by atomic mass is 9.77. The molecule has 9 aromatic rings. The summed E-state index contributed by atoms with van der Waals surface area (Å²) in [5.74, 6) is -1.91. The molecule has 1 aromatic heterocycles. The number of oxime groups is 1.